The Morgan fingerprint density at radius 2 is 1.79 bits per heavy atom. The minimum atomic E-state index is -0.0879. The van der Waals surface area contributed by atoms with Gasteiger partial charge in [0.2, 0.25) is 0 Å². The molecule has 1 aliphatic rings. The van der Waals surface area contributed by atoms with Crippen LogP contribution in [0.5, 0.6) is 0 Å². The van der Waals surface area contributed by atoms with E-state index in [1.54, 1.807) is 12.1 Å². The SMILES string of the molecule is Fc1ccccc1CN1CCCN(CCCc2cccnc2)CC1. The third-order valence-corrected chi connectivity index (χ3v) is 4.70. The molecule has 1 saturated heterocycles. The lowest BCUT2D eigenvalue weighted by atomic mass is 10.1. The Morgan fingerprint density at radius 1 is 0.958 bits per heavy atom. The molecule has 0 bridgehead atoms. The molecule has 128 valence electrons. The zero-order valence-electron chi connectivity index (χ0n) is 14.2. The summed E-state index contributed by atoms with van der Waals surface area (Å²) in [6.45, 7) is 6.12. The van der Waals surface area contributed by atoms with Crippen LogP contribution < -0.4 is 0 Å². The van der Waals surface area contributed by atoms with E-state index in [9.17, 15) is 4.39 Å². The summed E-state index contributed by atoms with van der Waals surface area (Å²) < 4.78 is 13.8. The fraction of sp³-hybridized carbons (Fsp3) is 0.450. The summed E-state index contributed by atoms with van der Waals surface area (Å²) in [5, 5.41) is 0. The molecule has 24 heavy (non-hydrogen) atoms. The Morgan fingerprint density at radius 3 is 2.62 bits per heavy atom. The van der Waals surface area contributed by atoms with Crippen molar-refractivity contribution in [3.63, 3.8) is 0 Å². The topological polar surface area (TPSA) is 19.4 Å². The molecule has 3 nitrogen and oxygen atoms in total. The second-order valence-corrected chi connectivity index (χ2v) is 6.53. The average Bonchev–Trinajstić information content (AvgIpc) is 2.83. The first-order chi connectivity index (χ1) is 11.8. The van der Waals surface area contributed by atoms with Crippen LogP contribution in [0, 0.1) is 5.82 Å². The van der Waals surface area contributed by atoms with Gasteiger partial charge < -0.3 is 4.90 Å². The summed E-state index contributed by atoms with van der Waals surface area (Å²) >= 11 is 0. The number of aryl methyl sites for hydroxylation is 1. The van der Waals surface area contributed by atoms with Gasteiger partial charge in [-0.15, -0.1) is 0 Å². The zero-order valence-corrected chi connectivity index (χ0v) is 14.2. The summed E-state index contributed by atoms with van der Waals surface area (Å²) in [5.41, 5.74) is 2.12. The van der Waals surface area contributed by atoms with E-state index in [1.165, 1.54) is 12.0 Å². The molecule has 0 amide bonds. The van der Waals surface area contributed by atoms with Crippen LogP contribution in [0.1, 0.15) is 24.0 Å². The Kier molecular flexibility index (Phi) is 6.33. The molecule has 0 saturated carbocycles. The van der Waals surface area contributed by atoms with E-state index in [2.05, 4.69) is 20.9 Å². The van der Waals surface area contributed by atoms with Crippen molar-refractivity contribution in [3.05, 3.63) is 65.7 Å². The van der Waals surface area contributed by atoms with Crippen molar-refractivity contribution in [2.75, 3.05) is 32.7 Å². The quantitative estimate of drug-likeness (QED) is 0.811. The van der Waals surface area contributed by atoms with Crippen molar-refractivity contribution in [2.45, 2.75) is 25.8 Å². The molecule has 0 atom stereocenters. The molecule has 1 fully saturated rings. The molecule has 1 aliphatic heterocycles. The van der Waals surface area contributed by atoms with Crippen molar-refractivity contribution < 1.29 is 4.39 Å². The highest BCUT2D eigenvalue weighted by Crippen LogP contribution is 2.13. The minimum Gasteiger partial charge on any atom is -0.302 e. The molecular weight excluding hydrogens is 301 g/mol. The number of aromatic nitrogens is 1. The van der Waals surface area contributed by atoms with Crippen LogP contribution in [0.3, 0.4) is 0 Å². The lowest BCUT2D eigenvalue weighted by Crippen LogP contribution is -2.31. The molecule has 0 aliphatic carbocycles. The van der Waals surface area contributed by atoms with Crippen molar-refractivity contribution in [3.8, 4) is 0 Å². The molecule has 2 heterocycles. The van der Waals surface area contributed by atoms with Gasteiger partial charge in [0.05, 0.1) is 0 Å². The predicted octanol–water partition coefficient (Wildman–Crippen LogP) is 3.36. The van der Waals surface area contributed by atoms with E-state index in [0.717, 1.165) is 57.7 Å². The Bertz CT molecular complexity index is 617. The Hall–Kier alpha value is -1.78. The van der Waals surface area contributed by atoms with Gasteiger partial charge in [0.1, 0.15) is 5.82 Å². The number of benzene rings is 1. The number of nitrogens with zero attached hydrogens (tertiary/aromatic N) is 3. The summed E-state index contributed by atoms with van der Waals surface area (Å²) in [4.78, 5) is 9.09. The average molecular weight is 327 g/mol. The van der Waals surface area contributed by atoms with Crippen molar-refractivity contribution >= 4 is 0 Å². The standard InChI is InChI=1S/C20H26FN3/c21-20-9-2-1-8-19(20)17-24-13-5-12-23(14-15-24)11-4-7-18-6-3-10-22-16-18/h1-3,6,8-10,16H,4-5,7,11-15,17H2. The molecular formula is C20H26FN3. The van der Waals surface area contributed by atoms with Gasteiger partial charge in [-0.2, -0.15) is 0 Å². The van der Waals surface area contributed by atoms with Crippen LogP contribution in [0.25, 0.3) is 0 Å². The Balaban J connectivity index is 1.42. The van der Waals surface area contributed by atoms with E-state index >= 15 is 0 Å². The second kappa shape index (κ2) is 8.90. The van der Waals surface area contributed by atoms with Crippen LogP contribution in [-0.2, 0) is 13.0 Å². The van der Waals surface area contributed by atoms with Gasteiger partial charge in [-0.3, -0.25) is 9.88 Å². The monoisotopic (exact) mass is 327 g/mol. The first-order valence-corrected chi connectivity index (χ1v) is 8.88. The zero-order chi connectivity index (χ0) is 16.6. The van der Waals surface area contributed by atoms with Crippen LogP contribution in [0.15, 0.2) is 48.8 Å². The van der Waals surface area contributed by atoms with Gasteiger partial charge in [0.25, 0.3) is 0 Å². The maximum absolute atomic E-state index is 13.8. The van der Waals surface area contributed by atoms with Crippen LogP contribution in [0.2, 0.25) is 0 Å². The highest BCUT2D eigenvalue weighted by atomic mass is 19.1. The number of halogens is 1. The summed E-state index contributed by atoms with van der Waals surface area (Å²) in [6, 6.07) is 11.3. The third kappa shape index (κ3) is 5.11. The van der Waals surface area contributed by atoms with Crippen LogP contribution in [0.4, 0.5) is 4.39 Å². The normalized spacial score (nSPS) is 16.9. The van der Waals surface area contributed by atoms with E-state index in [0.29, 0.717) is 0 Å². The summed E-state index contributed by atoms with van der Waals surface area (Å²) in [5.74, 6) is -0.0879. The third-order valence-electron chi connectivity index (χ3n) is 4.70. The first-order valence-electron chi connectivity index (χ1n) is 8.88. The predicted molar refractivity (Wildman–Crippen MR) is 95.3 cm³/mol. The summed E-state index contributed by atoms with van der Waals surface area (Å²) in [7, 11) is 0. The maximum Gasteiger partial charge on any atom is 0.127 e. The number of hydrogen-bond donors (Lipinski definition) is 0. The molecule has 1 aromatic heterocycles. The minimum absolute atomic E-state index is 0.0879. The van der Waals surface area contributed by atoms with Gasteiger partial charge in [0, 0.05) is 37.6 Å². The van der Waals surface area contributed by atoms with Crippen LogP contribution in [-0.4, -0.2) is 47.5 Å². The number of rotatable bonds is 6. The number of hydrogen-bond acceptors (Lipinski definition) is 3. The molecule has 2 aromatic rings. The van der Waals surface area contributed by atoms with Gasteiger partial charge >= 0.3 is 0 Å². The van der Waals surface area contributed by atoms with Crippen LogP contribution >= 0.6 is 0 Å². The van der Waals surface area contributed by atoms with Gasteiger partial charge in [0.15, 0.2) is 0 Å². The highest BCUT2D eigenvalue weighted by molar-refractivity contribution is 5.17. The molecule has 0 spiro atoms. The molecule has 0 N–H and O–H groups in total. The molecule has 4 heteroatoms. The van der Waals surface area contributed by atoms with E-state index < -0.39 is 0 Å². The van der Waals surface area contributed by atoms with Gasteiger partial charge in [-0.1, -0.05) is 24.3 Å². The van der Waals surface area contributed by atoms with Crippen molar-refractivity contribution in [2.24, 2.45) is 0 Å². The van der Waals surface area contributed by atoms with E-state index in [1.807, 2.05) is 30.6 Å². The van der Waals surface area contributed by atoms with Gasteiger partial charge in [-0.05, 0) is 56.6 Å². The van der Waals surface area contributed by atoms with Crippen molar-refractivity contribution in [1.82, 2.24) is 14.8 Å². The van der Waals surface area contributed by atoms with Gasteiger partial charge in [-0.25, -0.2) is 4.39 Å². The largest absolute Gasteiger partial charge is 0.302 e. The van der Waals surface area contributed by atoms with E-state index in [-0.39, 0.29) is 5.82 Å². The fourth-order valence-corrected chi connectivity index (χ4v) is 3.33. The smallest absolute Gasteiger partial charge is 0.127 e. The highest BCUT2D eigenvalue weighted by Gasteiger charge is 2.15. The number of pyridine rings is 1. The van der Waals surface area contributed by atoms with Crippen molar-refractivity contribution in [1.29, 1.82) is 0 Å². The molecule has 0 unspecified atom stereocenters. The maximum atomic E-state index is 13.8. The second-order valence-electron chi connectivity index (χ2n) is 6.53. The Labute approximate surface area is 144 Å². The van der Waals surface area contributed by atoms with E-state index in [4.69, 9.17) is 0 Å². The molecule has 0 radical (unpaired) electrons. The lowest BCUT2D eigenvalue weighted by molar-refractivity contribution is 0.248. The molecule has 3 rings (SSSR count). The summed E-state index contributed by atoms with van der Waals surface area (Å²) in [6.07, 6.45) is 7.19. The first kappa shape index (κ1) is 17.1. The molecule has 1 aromatic carbocycles. The fourth-order valence-electron chi connectivity index (χ4n) is 3.33. The lowest BCUT2D eigenvalue weighted by Gasteiger charge is -2.22.